The van der Waals surface area contributed by atoms with Gasteiger partial charge in [0.2, 0.25) is 27.0 Å². The van der Waals surface area contributed by atoms with Gasteiger partial charge in [-0.25, -0.2) is 13.1 Å². The molecule has 0 saturated carbocycles. The highest BCUT2D eigenvalue weighted by Gasteiger charge is 2.35. The average Bonchev–Trinajstić information content (AvgIpc) is 3.39. The fourth-order valence-corrected chi connectivity index (χ4v) is 5.72. The highest BCUT2D eigenvalue weighted by Crippen LogP contribution is 2.28. The van der Waals surface area contributed by atoms with Gasteiger partial charge in [-0.15, -0.1) is 10.2 Å². The summed E-state index contributed by atoms with van der Waals surface area (Å²) < 4.78 is 27.3. The van der Waals surface area contributed by atoms with E-state index in [1.54, 1.807) is 29.2 Å². The van der Waals surface area contributed by atoms with E-state index in [1.807, 2.05) is 39.0 Å². The summed E-state index contributed by atoms with van der Waals surface area (Å²) in [7, 11) is -3.61. The summed E-state index contributed by atoms with van der Waals surface area (Å²) in [6.45, 7) is 6.30. The zero-order chi connectivity index (χ0) is 25.2. The number of nitrogens with zero attached hydrogens (tertiary/aromatic N) is 3. The van der Waals surface area contributed by atoms with Gasteiger partial charge in [0.05, 0.1) is 10.8 Å². The van der Waals surface area contributed by atoms with Crippen molar-refractivity contribution in [3.63, 3.8) is 0 Å². The van der Waals surface area contributed by atoms with E-state index >= 15 is 0 Å². The van der Waals surface area contributed by atoms with Crippen molar-refractivity contribution in [2.24, 2.45) is 5.92 Å². The SMILES string of the molecule is Cc1ccc(S(=O)(=O)NCCc2nnc(NC(=O)C3CC(=O)N(c4cc(C)cc(C)c4)C3)s2)cc1. The number of sulfonamides is 1. The second-order valence-corrected chi connectivity index (χ2v) is 11.5. The fraction of sp³-hybridized carbons (Fsp3) is 0.333. The Balaban J connectivity index is 1.30. The van der Waals surface area contributed by atoms with Gasteiger partial charge in [0.25, 0.3) is 0 Å². The molecule has 0 spiro atoms. The number of hydrogen-bond acceptors (Lipinski definition) is 7. The Labute approximate surface area is 208 Å². The van der Waals surface area contributed by atoms with Crippen molar-refractivity contribution in [3.05, 3.63) is 64.2 Å². The smallest absolute Gasteiger partial charge is 0.240 e. The molecule has 1 unspecified atom stereocenters. The van der Waals surface area contributed by atoms with E-state index in [1.165, 1.54) is 11.3 Å². The van der Waals surface area contributed by atoms with Crippen molar-refractivity contribution in [2.45, 2.75) is 38.5 Å². The summed E-state index contributed by atoms with van der Waals surface area (Å²) in [6.07, 6.45) is 0.465. The molecule has 35 heavy (non-hydrogen) atoms. The molecule has 1 atom stereocenters. The van der Waals surface area contributed by atoms with Crippen LogP contribution in [0, 0.1) is 26.7 Å². The van der Waals surface area contributed by atoms with Gasteiger partial charge in [0.15, 0.2) is 0 Å². The second-order valence-electron chi connectivity index (χ2n) is 8.70. The molecule has 2 amide bonds. The zero-order valence-corrected chi connectivity index (χ0v) is 21.4. The number of carbonyl (C=O) groups is 2. The first kappa shape index (κ1) is 25.0. The van der Waals surface area contributed by atoms with E-state index in [0.29, 0.717) is 23.1 Å². The van der Waals surface area contributed by atoms with Crippen LogP contribution in [0.15, 0.2) is 47.4 Å². The maximum absolute atomic E-state index is 12.8. The number of anilines is 2. The van der Waals surface area contributed by atoms with E-state index < -0.39 is 15.9 Å². The molecule has 2 N–H and O–H groups in total. The summed E-state index contributed by atoms with van der Waals surface area (Å²) in [4.78, 5) is 27.2. The van der Waals surface area contributed by atoms with Gasteiger partial charge in [-0.1, -0.05) is 35.1 Å². The van der Waals surface area contributed by atoms with Crippen LogP contribution >= 0.6 is 11.3 Å². The number of hydrogen-bond donors (Lipinski definition) is 2. The third-order valence-electron chi connectivity index (χ3n) is 5.67. The number of benzene rings is 2. The van der Waals surface area contributed by atoms with Crippen molar-refractivity contribution < 1.29 is 18.0 Å². The van der Waals surface area contributed by atoms with Gasteiger partial charge in [-0.2, -0.15) is 0 Å². The number of amides is 2. The van der Waals surface area contributed by atoms with Crippen LogP contribution in [0.4, 0.5) is 10.8 Å². The van der Waals surface area contributed by atoms with Crippen molar-refractivity contribution in [2.75, 3.05) is 23.3 Å². The first-order chi connectivity index (χ1) is 16.6. The maximum Gasteiger partial charge on any atom is 0.240 e. The van der Waals surface area contributed by atoms with E-state index in [9.17, 15) is 18.0 Å². The molecule has 2 aromatic carbocycles. The minimum absolute atomic E-state index is 0.0889. The van der Waals surface area contributed by atoms with Crippen LogP contribution in [-0.2, 0) is 26.0 Å². The van der Waals surface area contributed by atoms with Gasteiger partial charge in [0, 0.05) is 31.6 Å². The summed E-state index contributed by atoms with van der Waals surface area (Å²) >= 11 is 1.18. The molecule has 9 nitrogen and oxygen atoms in total. The molecule has 1 fully saturated rings. The summed E-state index contributed by atoms with van der Waals surface area (Å²) in [6, 6.07) is 12.5. The average molecular weight is 514 g/mol. The lowest BCUT2D eigenvalue weighted by molar-refractivity contribution is -0.122. The van der Waals surface area contributed by atoms with E-state index in [0.717, 1.165) is 22.4 Å². The fourth-order valence-electron chi connectivity index (χ4n) is 3.94. The molecule has 1 aliphatic rings. The number of carbonyl (C=O) groups excluding carboxylic acids is 2. The molecule has 0 radical (unpaired) electrons. The first-order valence-electron chi connectivity index (χ1n) is 11.2. The molecular formula is C24H27N5O4S2. The summed E-state index contributed by atoms with van der Waals surface area (Å²) in [5.41, 5.74) is 3.90. The molecule has 1 aromatic heterocycles. The molecule has 0 aliphatic carbocycles. The van der Waals surface area contributed by atoms with E-state index in [-0.39, 0.29) is 29.7 Å². The first-order valence-corrected chi connectivity index (χ1v) is 13.5. The monoisotopic (exact) mass is 513 g/mol. The lowest BCUT2D eigenvalue weighted by Gasteiger charge is -2.18. The highest BCUT2D eigenvalue weighted by atomic mass is 32.2. The predicted octanol–water partition coefficient (Wildman–Crippen LogP) is 2.98. The molecule has 2 heterocycles. The Morgan fingerprint density at radius 2 is 1.74 bits per heavy atom. The molecule has 0 bridgehead atoms. The Kier molecular flexibility index (Phi) is 7.29. The summed E-state index contributed by atoms with van der Waals surface area (Å²) in [5.74, 6) is -0.862. The molecular weight excluding hydrogens is 486 g/mol. The molecule has 1 aliphatic heterocycles. The highest BCUT2D eigenvalue weighted by molar-refractivity contribution is 7.89. The zero-order valence-electron chi connectivity index (χ0n) is 19.7. The van der Waals surface area contributed by atoms with Crippen LogP contribution in [0.3, 0.4) is 0 Å². The van der Waals surface area contributed by atoms with Gasteiger partial charge in [-0.05, 0) is 56.2 Å². The molecule has 1 saturated heterocycles. The van der Waals surface area contributed by atoms with Gasteiger partial charge >= 0.3 is 0 Å². The quantitative estimate of drug-likeness (QED) is 0.478. The summed E-state index contributed by atoms with van der Waals surface area (Å²) in [5, 5.41) is 11.7. The maximum atomic E-state index is 12.8. The Morgan fingerprint density at radius 1 is 1.06 bits per heavy atom. The van der Waals surface area contributed by atoms with Gasteiger partial charge in [-0.3, -0.25) is 9.59 Å². The minimum atomic E-state index is -3.61. The number of aromatic nitrogens is 2. The Bertz CT molecular complexity index is 1330. The molecule has 3 aromatic rings. The second kappa shape index (κ2) is 10.2. The van der Waals surface area contributed by atoms with Crippen LogP contribution in [0.2, 0.25) is 0 Å². The minimum Gasteiger partial charge on any atom is -0.312 e. The van der Waals surface area contributed by atoms with E-state index in [4.69, 9.17) is 0 Å². The standard InChI is InChI=1S/C24H27N5O4S2/c1-15-4-6-20(7-5-15)35(32,33)25-9-8-21-27-28-24(34-21)26-23(31)18-13-22(30)29(14-18)19-11-16(2)10-17(3)12-19/h4-7,10-12,18,25H,8-9,13-14H2,1-3H3,(H,26,28,31). The van der Waals surface area contributed by atoms with Crippen LogP contribution in [0.25, 0.3) is 0 Å². The van der Waals surface area contributed by atoms with Gasteiger partial charge in [0.1, 0.15) is 5.01 Å². The van der Waals surface area contributed by atoms with Crippen LogP contribution in [0.5, 0.6) is 0 Å². The van der Waals surface area contributed by atoms with Crippen molar-refractivity contribution >= 4 is 44.0 Å². The van der Waals surface area contributed by atoms with Crippen molar-refractivity contribution in [1.82, 2.24) is 14.9 Å². The number of rotatable bonds is 8. The number of nitrogens with one attached hydrogen (secondary N) is 2. The Hall–Kier alpha value is -3.15. The third kappa shape index (κ3) is 6.11. The van der Waals surface area contributed by atoms with Crippen molar-refractivity contribution in [1.29, 1.82) is 0 Å². The Morgan fingerprint density at radius 3 is 2.43 bits per heavy atom. The van der Waals surface area contributed by atoms with Gasteiger partial charge < -0.3 is 10.2 Å². The third-order valence-corrected chi connectivity index (χ3v) is 8.05. The largest absolute Gasteiger partial charge is 0.312 e. The van der Waals surface area contributed by atoms with Crippen LogP contribution in [-0.4, -0.2) is 43.5 Å². The molecule has 11 heteroatoms. The lowest BCUT2D eigenvalue weighted by atomic mass is 10.1. The van der Waals surface area contributed by atoms with Crippen LogP contribution in [0.1, 0.15) is 28.1 Å². The normalized spacial score (nSPS) is 16.0. The topological polar surface area (TPSA) is 121 Å². The molecule has 4 rings (SSSR count). The van der Waals surface area contributed by atoms with Crippen LogP contribution < -0.4 is 14.9 Å². The number of aryl methyl sites for hydroxylation is 3. The van der Waals surface area contributed by atoms with E-state index in [2.05, 4.69) is 20.2 Å². The lowest BCUT2D eigenvalue weighted by Crippen LogP contribution is -2.28. The van der Waals surface area contributed by atoms with Crippen molar-refractivity contribution in [3.8, 4) is 0 Å². The molecule has 184 valence electrons. The predicted molar refractivity (Wildman–Crippen MR) is 135 cm³/mol.